The van der Waals surface area contributed by atoms with E-state index in [0.29, 0.717) is 0 Å². The number of carbonyl (C=O) groups excluding carboxylic acids is 1. The van der Waals surface area contributed by atoms with Gasteiger partial charge in [0.15, 0.2) is 0 Å². The summed E-state index contributed by atoms with van der Waals surface area (Å²) in [6, 6.07) is 7.00. The van der Waals surface area contributed by atoms with Crippen molar-refractivity contribution in [2.75, 3.05) is 20.7 Å². The fourth-order valence-electron chi connectivity index (χ4n) is 1.60. The van der Waals surface area contributed by atoms with Gasteiger partial charge in [-0.2, -0.15) is 17.4 Å². The molecule has 1 N–H and O–H groups in total. The monoisotopic (exact) mass is 378 g/mol. The number of esters is 1. The zero-order valence-electron chi connectivity index (χ0n) is 12.2. The van der Waals surface area contributed by atoms with Crippen LogP contribution in [0, 0.1) is 0 Å². The van der Waals surface area contributed by atoms with Gasteiger partial charge in [-0.1, -0.05) is 28.1 Å². The molecular weight excluding hydrogens is 360 g/mol. The predicted octanol–water partition coefficient (Wildman–Crippen LogP) is 1.84. The maximum atomic E-state index is 12.1. The summed E-state index contributed by atoms with van der Waals surface area (Å²) in [4.78, 5) is 11.1. The Labute approximate surface area is 133 Å². The van der Waals surface area contributed by atoms with Gasteiger partial charge in [0, 0.05) is 24.1 Å². The number of carbonyl (C=O) groups is 1. The van der Waals surface area contributed by atoms with E-state index < -0.39 is 16.2 Å². The number of benzene rings is 1. The van der Waals surface area contributed by atoms with Gasteiger partial charge in [-0.15, -0.1) is 0 Å². The molecule has 0 aliphatic carbocycles. The van der Waals surface area contributed by atoms with Gasteiger partial charge in [-0.3, -0.25) is 4.79 Å². The van der Waals surface area contributed by atoms with Gasteiger partial charge in [0.1, 0.15) is 0 Å². The van der Waals surface area contributed by atoms with Crippen molar-refractivity contribution in [3.8, 4) is 0 Å². The van der Waals surface area contributed by atoms with Crippen molar-refractivity contribution in [2.45, 2.75) is 19.4 Å². The van der Waals surface area contributed by atoms with Crippen LogP contribution in [0.25, 0.3) is 0 Å². The summed E-state index contributed by atoms with van der Waals surface area (Å²) in [7, 11) is -0.973. The van der Waals surface area contributed by atoms with E-state index >= 15 is 0 Å². The van der Waals surface area contributed by atoms with Crippen LogP contribution in [0.4, 0.5) is 0 Å². The summed E-state index contributed by atoms with van der Waals surface area (Å²) in [5, 5.41) is 0. The van der Waals surface area contributed by atoms with Gasteiger partial charge in [0.25, 0.3) is 10.2 Å². The standard InChI is InChI=1S/C13H19BrN2O4S/c1-10(11-4-6-12(14)7-5-11)15-21(18,19)16(2)9-8-13(17)20-3/h4-7,10,15H,8-9H2,1-3H3/t10-/m1/s1. The third kappa shape index (κ3) is 5.74. The van der Waals surface area contributed by atoms with Gasteiger partial charge >= 0.3 is 5.97 Å². The number of rotatable bonds is 7. The van der Waals surface area contributed by atoms with Crippen LogP contribution in [-0.2, 0) is 19.7 Å². The summed E-state index contributed by atoms with van der Waals surface area (Å²) in [6.45, 7) is 1.82. The molecule has 0 radical (unpaired) electrons. The summed E-state index contributed by atoms with van der Waals surface area (Å²) in [6.07, 6.45) is 0.0145. The highest BCUT2D eigenvalue weighted by molar-refractivity contribution is 9.10. The van der Waals surface area contributed by atoms with Crippen LogP contribution in [0.1, 0.15) is 24.9 Å². The lowest BCUT2D eigenvalue weighted by molar-refractivity contribution is -0.140. The minimum atomic E-state index is -3.66. The fourth-order valence-corrected chi connectivity index (χ4v) is 2.96. The number of nitrogens with one attached hydrogen (secondary N) is 1. The summed E-state index contributed by atoms with van der Waals surface area (Å²) in [5.74, 6) is -0.446. The molecule has 0 bridgehead atoms. The lowest BCUT2D eigenvalue weighted by Crippen LogP contribution is -2.40. The molecule has 0 aliphatic heterocycles. The van der Waals surface area contributed by atoms with Crippen molar-refractivity contribution >= 4 is 32.1 Å². The molecule has 0 spiro atoms. The van der Waals surface area contributed by atoms with Crippen LogP contribution in [0.2, 0.25) is 0 Å². The van der Waals surface area contributed by atoms with Crippen molar-refractivity contribution in [1.82, 2.24) is 9.03 Å². The van der Waals surface area contributed by atoms with Crippen LogP contribution in [0.3, 0.4) is 0 Å². The molecule has 0 aromatic heterocycles. The highest BCUT2D eigenvalue weighted by atomic mass is 79.9. The first kappa shape index (κ1) is 18.1. The summed E-state index contributed by atoms with van der Waals surface area (Å²) >= 11 is 3.33. The number of methoxy groups -OCH3 is 1. The van der Waals surface area contributed by atoms with Crippen LogP contribution in [-0.4, -0.2) is 39.4 Å². The van der Waals surface area contributed by atoms with Crippen molar-refractivity contribution in [3.05, 3.63) is 34.3 Å². The molecule has 0 heterocycles. The fraction of sp³-hybridized carbons (Fsp3) is 0.462. The average molecular weight is 379 g/mol. The molecule has 0 saturated heterocycles. The van der Waals surface area contributed by atoms with E-state index in [9.17, 15) is 13.2 Å². The van der Waals surface area contributed by atoms with Crippen molar-refractivity contribution in [3.63, 3.8) is 0 Å². The Bertz CT molecular complexity index is 574. The maximum Gasteiger partial charge on any atom is 0.306 e. The largest absolute Gasteiger partial charge is 0.469 e. The number of hydrogen-bond donors (Lipinski definition) is 1. The van der Waals surface area contributed by atoms with Crippen LogP contribution in [0.5, 0.6) is 0 Å². The first-order valence-corrected chi connectivity index (χ1v) is 8.55. The summed E-state index contributed by atoms with van der Waals surface area (Å²) in [5.41, 5.74) is 0.850. The smallest absolute Gasteiger partial charge is 0.306 e. The first-order valence-electron chi connectivity index (χ1n) is 6.32. The molecule has 0 fully saturated rings. The molecule has 21 heavy (non-hydrogen) atoms. The van der Waals surface area contributed by atoms with Gasteiger partial charge < -0.3 is 4.74 Å². The molecule has 1 aromatic rings. The maximum absolute atomic E-state index is 12.1. The molecule has 1 rings (SSSR count). The average Bonchev–Trinajstić information content (AvgIpc) is 2.44. The number of nitrogens with zero attached hydrogens (tertiary/aromatic N) is 1. The quantitative estimate of drug-likeness (QED) is 0.734. The molecule has 118 valence electrons. The van der Waals surface area contributed by atoms with E-state index in [1.165, 1.54) is 14.2 Å². The van der Waals surface area contributed by atoms with Crippen LogP contribution >= 0.6 is 15.9 Å². The molecule has 0 unspecified atom stereocenters. The molecule has 0 aliphatic rings. The van der Waals surface area contributed by atoms with E-state index in [1.807, 2.05) is 24.3 Å². The Morgan fingerprint density at radius 1 is 1.38 bits per heavy atom. The molecular formula is C13H19BrN2O4S. The van der Waals surface area contributed by atoms with E-state index in [-0.39, 0.29) is 19.0 Å². The number of hydrogen-bond acceptors (Lipinski definition) is 4. The Morgan fingerprint density at radius 3 is 2.48 bits per heavy atom. The zero-order valence-corrected chi connectivity index (χ0v) is 14.6. The Morgan fingerprint density at radius 2 is 1.95 bits per heavy atom. The van der Waals surface area contributed by atoms with E-state index in [0.717, 1.165) is 14.3 Å². The molecule has 8 heteroatoms. The highest BCUT2D eigenvalue weighted by Gasteiger charge is 2.21. The molecule has 6 nitrogen and oxygen atoms in total. The Hall–Kier alpha value is -0.960. The minimum absolute atomic E-state index is 0.0145. The normalized spacial score (nSPS) is 13.2. The van der Waals surface area contributed by atoms with Crippen molar-refractivity contribution < 1.29 is 17.9 Å². The van der Waals surface area contributed by atoms with Gasteiger partial charge in [0.05, 0.1) is 13.5 Å². The second-order valence-electron chi connectivity index (χ2n) is 4.54. The Kier molecular flexibility index (Phi) is 6.79. The van der Waals surface area contributed by atoms with Gasteiger partial charge in [-0.05, 0) is 24.6 Å². The molecule has 1 aromatic carbocycles. The zero-order chi connectivity index (χ0) is 16.0. The van der Waals surface area contributed by atoms with Crippen LogP contribution in [0.15, 0.2) is 28.7 Å². The SMILES string of the molecule is COC(=O)CCN(C)S(=O)(=O)N[C@H](C)c1ccc(Br)cc1. The van der Waals surface area contributed by atoms with E-state index in [4.69, 9.17) is 0 Å². The summed E-state index contributed by atoms with van der Waals surface area (Å²) < 4.78 is 33.3. The second kappa shape index (κ2) is 7.88. The topological polar surface area (TPSA) is 75.7 Å². The second-order valence-corrected chi connectivity index (χ2v) is 7.27. The number of ether oxygens (including phenoxy) is 1. The third-order valence-corrected chi connectivity index (χ3v) is 5.15. The van der Waals surface area contributed by atoms with Gasteiger partial charge in [0.2, 0.25) is 0 Å². The van der Waals surface area contributed by atoms with Crippen LogP contribution < -0.4 is 4.72 Å². The lowest BCUT2D eigenvalue weighted by atomic mass is 10.1. The Balaban J connectivity index is 2.66. The van der Waals surface area contributed by atoms with Gasteiger partial charge in [-0.25, -0.2) is 0 Å². The molecule has 0 saturated carbocycles. The van der Waals surface area contributed by atoms with E-state index in [2.05, 4.69) is 25.4 Å². The highest BCUT2D eigenvalue weighted by Crippen LogP contribution is 2.17. The first-order chi connectivity index (χ1) is 9.76. The molecule has 0 amide bonds. The predicted molar refractivity (Wildman–Crippen MR) is 83.9 cm³/mol. The lowest BCUT2D eigenvalue weighted by Gasteiger charge is -2.21. The third-order valence-electron chi connectivity index (χ3n) is 2.96. The number of halogens is 1. The molecule has 1 atom stereocenters. The van der Waals surface area contributed by atoms with Crippen molar-refractivity contribution in [1.29, 1.82) is 0 Å². The minimum Gasteiger partial charge on any atom is -0.469 e. The van der Waals surface area contributed by atoms with Crippen molar-refractivity contribution in [2.24, 2.45) is 0 Å². The van der Waals surface area contributed by atoms with E-state index in [1.54, 1.807) is 6.92 Å².